The standard InChI is InChI=1S/C23H22N2O3/c1-18-7-9-19(10-8-18)15-24-25-23(26)17-28-22-13-11-21(12-14-22)27-16-20-5-3-2-4-6-20/h2-15H,16-17H2,1H3,(H,25,26)/b24-15+. The summed E-state index contributed by atoms with van der Waals surface area (Å²) >= 11 is 0. The van der Waals surface area contributed by atoms with Crippen LogP contribution in [0.1, 0.15) is 16.7 Å². The normalized spacial score (nSPS) is 10.6. The maximum absolute atomic E-state index is 11.8. The molecule has 0 radical (unpaired) electrons. The van der Waals surface area contributed by atoms with Gasteiger partial charge in [-0.25, -0.2) is 5.43 Å². The second-order valence-corrected chi connectivity index (χ2v) is 6.24. The van der Waals surface area contributed by atoms with Crippen molar-refractivity contribution < 1.29 is 14.3 Å². The predicted octanol–water partition coefficient (Wildman–Crippen LogP) is 4.10. The molecule has 28 heavy (non-hydrogen) atoms. The van der Waals surface area contributed by atoms with Gasteiger partial charge in [-0.05, 0) is 42.3 Å². The van der Waals surface area contributed by atoms with Crippen molar-refractivity contribution in [2.75, 3.05) is 6.61 Å². The molecule has 142 valence electrons. The Labute approximate surface area is 164 Å². The molecule has 1 N–H and O–H groups in total. The fraction of sp³-hybridized carbons (Fsp3) is 0.130. The lowest BCUT2D eigenvalue weighted by Gasteiger charge is -2.08. The molecule has 0 aliphatic carbocycles. The number of aryl methyl sites for hydroxylation is 1. The van der Waals surface area contributed by atoms with E-state index in [0.29, 0.717) is 12.4 Å². The Morgan fingerprint density at radius 3 is 2.21 bits per heavy atom. The summed E-state index contributed by atoms with van der Waals surface area (Å²) in [4.78, 5) is 11.8. The van der Waals surface area contributed by atoms with Crippen molar-refractivity contribution >= 4 is 12.1 Å². The molecule has 0 aliphatic heterocycles. The fourth-order valence-corrected chi connectivity index (χ4v) is 2.39. The molecular formula is C23H22N2O3. The molecule has 0 saturated heterocycles. The number of hydrogen-bond donors (Lipinski definition) is 1. The largest absolute Gasteiger partial charge is 0.489 e. The minimum absolute atomic E-state index is 0.116. The molecule has 0 bridgehead atoms. The van der Waals surface area contributed by atoms with Gasteiger partial charge < -0.3 is 9.47 Å². The first-order valence-electron chi connectivity index (χ1n) is 8.97. The van der Waals surface area contributed by atoms with Gasteiger partial charge in [-0.2, -0.15) is 5.10 Å². The molecule has 0 aromatic heterocycles. The van der Waals surface area contributed by atoms with Crippen LogP contribution >= 0.6 is 0 Å². The molecule has 5 nitrogen and oxygen atoms in total. The lowest BCUT2D eigenvalue weighted by Crippen LogP contribution is -2.24. The highest BCUT2D eigenvalue weighted by Gasteiger charge is 2.02. The quantitative estimate of drug-likeness (QED) is 0.477. The first-order chi connectivity index (χ1) is 13.7. The zero-order valence-electron chi connectivity index (χ0n) is 15.7. The monoisotopic (exact) mass is 374 g/mol. The fourth-order valence-electron chi connectivity index (χ4n) is 2.39. The van der Waals surface area contributed by atoms with Crippen LogP contribution < -0.4 is 14.9 Å². The topological polar surface area (TPSA) is 59.9 Å². The minimum Gasteiger partial charge on any atom is -0.489 e. The van der Waals surface area contributed by atoms with Crippen LogP contribution in [-0.4, -0.2) is 18.7 Å². The minimum atomic E-state index is -0.326. The van der Waals surface area contributed by atoms with E-state index in [1.165, 1.54) is 5.56 Å². The number of rotatable bonds is 8. The lowest BCUT2D eigenvalue weighted by atomic mass is 10.2. The Balaban J connectivity index is 1.40. The Bertz CT molecular complexity index is 905. The van der Waals surface area contributed by atoms with Crippen molar-refractivity contribution in [3.05, 3.63) is 95.6 Å². The van der Waals surface area contributed by atoms with Crippen molar-refractivity contribution in [3.63, 3.8) is 0 Å². The number of benzene rings is 3. The van der Waals surface area contributed by atoms with Crippen LogP contribution in [0.3, 0.4) is 0 Å². The van der Waals surface area contributed by atoms with Crippen LogP contribution in [0.15, 0.2) is 84.0 Å². The summed E-state index contributed by atoms with van der Waals surface area (Å²) in [7, 11) is 0. The molecule has 0 unspecified atom stereocenters. The van der Waals surface area contributed by atoms with Crippen LogP contribution in [0.5, 0.6) is 11.5 Å². The molecule has 0 fully saturated rings. The molecule has 0 spiro atoms. The van der Waals surface area contributed by atoms with E-state index in [9.17, 15) is 4.79 Å². The van der Waals surface area contributed by atoms with Gasteiger partial charge in [-0.3, -0.25) is 4.79 Å². The van der Waals surface area contributed by atoms with Crippen molar-refractivity contribution in [2.45, 2.75) is 13.5 Å². The van der Waals surface area contributed by atoms with Crippen LogP contribution in [0.4, 0.5) is 0 Å². The summed E-state index contributed by atoms with van der Waals surface area (Å²) in [6.45, 7) is 2.40. The number of ether oxygens (including phenoxy) is 2. The molecule has 0 saturated carbocycles. The smallest absolute Gasteiger partial charge is 0.277 e. The maximum atomic E-state index is 11.8. The molecular weight excluding hydrogens is 352 g/mol. The molecule has 3 aromatic carbocycles. The molecule has 3 rings (SSSR count). The van der Waals surface area contributed by atoms with Crippen molar-refractivity contribution in [1.29, 1.82) is 0 Å². The number of carbonyl (C=O) groups excluding carboxylic acids is 1. The Hall–Kier alpha value is -3.60. The van der Waals surface area contributed by atoms with Gasteiger partial charge in [0.05, 0.1) is 6.21 Å². The average Bonchev–Trinajstić information content (AvgIpc) is 2.74. The summed E-state index contributed by atoms with van der Waals surface area (Å²) in [5, 5.41) is 3.93. The second-order valence-electron chi connectivity index (χ2n) is 6.24. The number of nitrogens with zero attached hydrogens (tertiary/aromatic N) is 1. The molecule has 3 aromatic rings. The SMILES string of the molecule is Cc1ccc(/C=N/NC(=O)COc2ccc(OCc3ccccc3)cc2)cc1. The molecule has 0 heterocycles. The van der Waals surface area contributed by atoms with E-state index in [1.54, 1.807) is 18.3 Å². The molecule has 0 aliphatic rings. The van der Waals surface area contributed by atoms with Crippen LogP contribution in [-0.2, 0) is 11.4 Å². The van der Waals surface area contributed by atoms with Gasteiger partial charge in [0, 0.05) is 0 Å². The van der Waals surface area contributed by atoms with Crippen molar-refractivity contribution in [2.24, 2.45) is 5.10 Å². The summed E-state index contributed by atoms with van der Waals surface area (Å²) in [6.07, 6.45) is 1.59. The number of nitrogens with one attached hydrogen (secondary N) is 1. The van der Waals surface area contributed by atoms with Gasteiger partial charge >= 0.3 is 0 Å². The van der Waals surface area contributed by atoms with Gasteiger partial charge in [0.2, 0.25) is 0 Å². The van der Waals surface area contributed by atoms with Gasteiger partial charge in [0.1, 0.15) is 18.1 Å². The molecule has 0 atom stereocenters. The zero-order valence-corrected chi connectivity index (χ0v) is 15.7. The van der Waals surface area contributed by atoms with Crippen LogP contribution in [0, 0.1) is 6.92 Å². The van der Waals surface area contributed by atoms with Crippen LogP contribution in [0.2, 0.25) is 0 Å². The number of amides is 1. The Kier molecular flexibility index (Phi) is 6.79. The van der Waals surface area contributed by atoms with Gasteiger partial charge in [0.15, 0.2) is 6.61 Å². The Morgan fingerprint density at radius 1 is 0.893 bits per heavy atom. The predicted molar refractivity (Wildman–Crippen MR) is 110 cm³/mol. The van der Waals surface area contributed by atoms with E-state index in [-0.39, 0.29) is 12.5 Å². The third-order valence-corrected chi connectivity index (χ3v) is 3.92. The third-order valence-electron chi connectivity index (χ3n) is 3.92. The van der Waals surface area contributed by atoms with E-state index in [1.807, 2.05) is 73.7 Å². The van der Waals surface area contributed by atoms with Gasteiger partial charge in [0.25, 0.3) is 5.91 Å². The van der Waals surface area contributed by atoms with Gasteiger partial charge in [-0.1, -0.05) is 60.2 Å². The van der Waals surface area contributed by atoms with E-state index in [4.69, 9.17) is 9.47 Å². The molecule has 1 amide bonds. The van der Waals surface area contributed by atoms with Gasteiger partial charge in [-0.15, -0.1) is 0 Å². The van der Waals surface area contributed by atoms with E-state index in [0.717, 1.165) is 16.9 Å². The average molecular weight is 374 g/mol. The number of hydrazone groups is 1. The second kappa shape index (κ2) is 9.92. The highest BCUT2D eigenvalue weighted by molar-refractivity contribution is 5.82. The zero-order chi connectivity index (χ0) is 19.6. The summed E-state index contributed by atoms with van der Waals surface area (Å²) in [5.41, 5.74) is 5.64. The van der Waals surface area contributed by atoms with E-state index in [2.05, 4.69) is 10.5 Å². The lowest BCUT2D eigenvalue weighted by molar-refractivity contribution is -0.123. The van der Waals surface area contributed by atoms with Crippen molar-refractivity contribution in [3.8, 4) is 11.5 Å². The highest BCUT2D eigenvalue weighted by atomic mass is 16.5. The summed E-state index contributed by atoms with van der Waals surface area (Å²) in [6, 6.07) is 24.9. The Morgan fingerprint density at radius 2 is 1.54 bits per heavy atom. The first-order valence-corrected chi connectivity index (χ1v) is 8.97. The number of hydrogen-bond acceptors (Lipinski definition) is 4. The summed E-state index contributed by atoms with van der Waals surface area (Å²) in [5.74, 6) is 1.00. The maximum Gasteiger partial charge on any atom is 0.277 e. The van der Waals surface area contributed by atoms with Crippen LogP contribution in [0.25, 0.3) is 0 Å². The van der Waals surface area contributed by atoms with Crippen molar-refractivity contribution in [1.82, 2.24) is 5.43 Å². The molecule has 5 heteroatoms. The highest BCUT2D eigenvalue weighted by Crippen LogP contribution is 2.18. The third kappa shape index (κ3) is 6.29. The van der Waals surface area contributed by atoms with E-state index >= 15 is 0 Å². The number of carbonyl (C=O) groups is 1. The summed E-state index contributed by atoms with van der Waals surface area (Å²) < 4.78 is 11.2. The van der Waals surface area contributed by atoms with E-state index < -0.39 is 0 Å². The first kappa shape index (κ1) is 19.2.